The zero-order valence-corrected chi connectivity index (χ0v) is 16.5. The number of nitrogens with one attached hydrogen (secondary N) is 1. The van der Waals surface area contributed by atoms with Gasteiger partial charge in [0.15, 0.2) is 10.9 Å². The number of pyridine rings is 1. The third-order valence-electron chi connectivity index (χ3n) is 5.43. The first kappa shape index (κ1) is 18.9. The van der Waals surface area contributed by atoms with Gasteiger partial charge in [0.05, 0.1) is 0 Å². The van der Waals surface area contributed by atoms with Gasteiger partial charge in [0.25, 0.3) is 0 Å². The van der Waals surface area contributed by atoms with Crippen molar-refractivity contribution in [3.8, 4) is 0 Å². The highest BCUT2D eigenvalue weighted by atomic mass is 35.5. The van der Waals surface area contributed by atoms with Crippen LogP contribution in [-0.4, -0.2) is 33.6 Å². The first-order valence-electron chi connectivity index (χ1n) is 9.70. The number of carbonyl (C=O) groups is 1. The molecule has 4 rings (SSSR count). The zero-order valence-electron chi connectivity index (χ0n) is 15.7. The molecule has 1 aliphatic rings. The van der Waals surface area contributed by atoms with E-state index in [4.69, 9.17) is 17.3 Å². The number of hydrogen-bond donors (Lipinski definition) is 2. The van der Waals surface area contributed by atoms with Gasteiger partial charge in [-0.25, -0.2) is 4.98 Å². The van der Waals surface area contributed by atoms with E-state index in [0.717, 1.165) is 48.8 Å². The summed E-state index contributed by atoms with van der Waals surface area (Å²) in [6.07, 6.45) is 4.97. The number of piperidine rings is 1. The average molecular weight is 398 g/mol. The smallest absolute Gasteiger partial charge is 0.181 e. The van der Waals surface area contributed by atoms with Gasteiger partial charge in [-0.1, -0.05) is 29.8 Å². The number of aromatic nitrogens is 3. The lowest BCUT2D eigenvalue weighted by molar-refractivity contribution is 0.0970. The lowest BCUT2D eigenvalue weighted by atomic mass is 9.98. The number of Topliss-reactive ketones (excluding diaryl/α,β-unsaturated/α-hetero) is 1. The van der Waals surface area contributed by atoms with E-state index in [9.17, 15) is 4.79 Å². The lowest BCUT2D eigenvalue weighted by Crippen LogP contribution is -2.30. The Kier molecular flexibility index (Phi) is 5.59. The van der Waals surface area contributed by atoms with E-state index in [1.807, 2.05) is 18.2 Å². The third kappa shape index (κ3) is 4.18. The Bertz CT molecular complexity index is 994. The molecular formula is C21H24ClN5O. The number of anilines is 1. The van der Waals surface area contributed by atoms with Crippen molar-refractivity contribution in [2.75, 3.05) is 18.8 Å². The molecule has 0 aliphatic carbocycles. The van der Waals surface area contributed by atoms with Crippen molar-refractivity contribution in [1.82, 2.24) is 20.1 Å². The largest absolute Gasteiger partial charge is 0.383 e. The highest BCUT2D eigenvalue weighted by molar-refractivity contribution is 6.29. The van der Waals surface area contributed by atoms with Crippen LogP contribution in [0.2, 0.25) is 5.15 Å². The number of ketones is 1. The highest BCUT2D eigenvalue weighted by Crippen LogP contribution is 2.22. The SMILES string of the molecule is Nc1nccc2cc(CCC(=O)c3cc(Cl)nn3CC3CCNCC3)ccc12. The molecule has 0 unspecified atom stereocenters. The van der Waals surface area contributed by atoms with E-state index < -0.39 is 0 Å². The number of nitrogens with zero attached hydrogens (tertiary/aromatic N) is 3. The van der Waals surface area contributed by atoms with Crippen LogP contribution in [0.1, 0.15) is 35.3 Å². The first-order chi connectivity index (χ1) is 13.6. The van der Waals surface area contributed by atoms with Crippen molar-refractivity contribution in [3.63, 3.8) is 0 Å². The zero-order chi connectivity index (χ0) is 19.5. The maximum atomic E-state index is 12.8. The Morgan fingerprint density at radius 1 is 1.25 bits per heavy atom. The minimum absolute atomic E-state index is 0.0719. The molecule has 2 aromatic heterocycles. The number of rotatable bonds is 6. The molecule has 146 valence electrons. The number of nitrogen functional groups attached to an aromatic ring is 1. The van der Waals surface area contributed by atoms with E-state index in [2.05, 4.69) is 21.5 Å². The number of aryl methyl sites for hydroxylation is 1. The molecule has 0 saturated carbocycles. The standard InChI is InChI=1S/C21H24ClN5O/c22-20-12-18(27(26-20)13-15-5-8-24-9-6-15)19(28)4-2-14-1-3-17-16(11-14)7-10-25-21(17)23/h1,3,7,10-12,15,24H,2,4-6,8-9,13H2,(H2,23,25). The van der Waals surface area contributed by atoms with Crippen LogP contribution < -0.4 is 11.1 Å². The summed E-state index contributed by atoms with van der Waals surface area (Å²) < 4.78 is 1.80. The summed E-state index contributed by atoms with van der Waals surface area (Å²) in [4.78, 5) is 17.0. The van der Waals surface area contributed by atoms with Crippen LogP contribution in [0.4, 0.5) is 5.82 Å². The predicted octanol–water partition coefficient (Wildman–Crippen LogP) is 3.48. The number of fused-ring (bicyclic) bond motifs is 1. The summed E-state index contributed by atoms with van der Waals surface area (Å²) >= 11 is 6.11. The predicted molar refractivity (Wildman–Crippen MR) is 112 cm³/mol. The number of benzene rings is 1. The number of carbonyl (C=O) groups excluding carboxylic acids is 1. The quantitative estimate of drug-likeness (QED) is 0.622. The number of hydrogen-bond acceptors (Lipinski definition) is 5. The molecule has 0 bridgehead atoms. The Morgan fingerprint density at radius 3 is 2.89 bits per heavy atom. The van der Waals surface area contributed by atoms with Crippen LogP contribution in [0.3, 0.4) is 0 Å². The van der Waals surface area contributed by atoms with Crippen molar-refractivity contribution in [2.24, 2.45) is 5.92 Å². The fourth-order valence-electron chi connectivity index (χ4n) is 3.85. The molecule has 0 radical (unpaired) electrons. The Balaban J connectivity index is 1.45. The minimum atomic E-state index is 0.0719. The van der Waals surface area contributed by atoms with Crippen molar-refractivity contribution in [1.29, 1.82) is 0 Å². The van der Waals surface area contributed by atoms with Crippen molar-refractivity contribution >= 4 is 34.0 Å². The monoisotopic (exact) mass is 397 g/mol. The molecule has 1 aliphatic heterocycles. The summed E-state index contributed by atoms with van der Waals surface area (Å²) in [5.74, 6) is 1.13. The molecule has 3 aromatic rings. The molecule has 3 N–H and O–H groups in total. The molecule has 1 saturated heterocycles. The van der Waals surface area contributed by atoms with Gasteiger partial charge in [-0.3, -0.25) is 9.48 Å². The molecule has 1 aromatic carbocycles. The van der Waals surface area contributed by atoms with E-state index >= 15 is 0 Å². The van der Waals surface area contributed by atoms with Crippen LogP contribution >= 0.6 is 11.6 Å². The molecule has 6 nitrogen and oxygen atoms in total. The van der Waals surface area contributed by atoms with E-state index in [-0.39, 0.29) is 5.78 Å². The fourth-order valence-corrected chi connectivity index (χ4v) is 4.04. The lowest BCUT2D eigenvalue weighted by Gasteiger charge is -2.23. The second-order valence-corrected chi connectivity index (χ2v) is 7.79. The molecule has 0 spiro atoms. The van der Waals surface area contributed by atoms with Crippen molar-refractivity contribution in [3.05, 3.63) is 52.9 Å². The van der Waals surface area contributed by atoms with Gasteiger partial charge >= 0.3 is 0 Å². The highest BCUT2D eigenvalue weighted by Gasteiger charge is 2.19. The maximum absolute atomic E-state index is 12.8. The summed E-state index contributed by atoms with van der Waals surface area (Å²) in [6, 6.07) is 9.67. The van der Waals surface area contributed by atoms with Crippen LogP contribution in [0.5, 0.6) is 0 Å². The number of nitrogens with two attached hydrogens (primary N) is 1. The fraction of sp³-hybridized carbons (Fsp3) is 0.381. The maximum Gasteiger partial charge on any atom is 0.181 e. The Labute approximate surface area is 169 Å². The molecule has 3 heterocycles. The summed E-state index contributed by atoms with van der Waals surface area (Å²) in [6.45, 7) is 2.79. The second-order valence-electron chi connectivity index (χ2n) is 7.40. The van der Waals surface area contributed by atoms with Crippen LogP contribution in [-0.2, 0) is 13.0 Å². The normalized spacial score (nSPS) is 15.2. The van der Waals surface area contributed by atoms with Crippen molar-refractivity contribution < 1.29 is 4.79 Å². The molecule has 0 atom stereocenters. The Hall–Kier alpha value is -2.44. The van der Waals surface area contributed by atoms with E-state index in [0.29, 0.717) is 35.4 Å². The van der Waals surface area contributed by atoms with Crippen molar-refractivity contribution in [2.45, 2.75) is 32.2 Å². The number of halogens is 1. The van der Waals surface area contributed by atoms with E-state index in [1.54, 1.807) is 16.9 Å². The third-order valence-corrected chi connectivity index (χ3v) is 5.61. The van der Waals surface area contributed by atoms with Crippen LogP contribution in [0, 0.1) is 5.92 Å². The van der Waals surface area contributed by atoms with Gasteiger partial charge in [0.1, 0.15) is 11.5 Å². The van der Waals surface area contributed by atoms with Crippen LogP contribution in [0.25, 0.3) is 10.8 Å². The van der Waals surface area contributed by atoms with Gasteiger partial charge in [-0.2, -0.15) is 5.10 Å². The molecule has 28 heavy (non-hydrogen) atoms. The van der Waals surface area contributed by atoms with Gasteiger partial charge in [-0.15, -0.1) is 0 Å². The van der Waals surface area contributed by atoms with Gasteiger partial charge in [0, 0.05) is 30.6 Å². The molecule has 0 amide bonds. The van der Waals surface area contributed by atoms with Crippen LogP contribution in [0.15, 0.2) is 36.5 Å². The summed E-state index contributed by atoms with van der Waals surface area (Å²) in [7, 11) is 0. The van der Waals surface area contributed by atoms with Gasteiger partial charge < -0.3 is 11.1 Å². The molecule has 7 heteroatoms. The molecule has 1 fully saturated rings. The Morgan fingerprint density at radius 2 is 2.07 bits per heavy atom. The second kappa shape index (κ2) is 8.29. The topological polar surface area (TPSA) is 85.8 Å². The molecular weight excluding hydrogens is 374 g/mol. The van der Waals surface area contributed by atoms with Gasteiger partial charge in [-0.05, 0) is 55.3 Å². The first-order valence-corrected chi connectivity index (χ1v) is 10.1. The van der Waals surface area contributed by atoms with Gasteiger partial charge in [0.2, 0.25) is 0 Å². The summed E-state index contributed by atoms with van der Waals surface area (Å²) in [5.41, 5.74) is 7.62. The summed E-state index contributed by atoms with van der Waals surface area (Å²) in [5, 5.41) is 10.1. The average Bonchev–Trinajstić information content (AvgIpc) is 3.07. The minimum Gasteiger partial charge on any atom is -0.383 e. The van der Waals surface area contributed by atoms with E-state index in [1.165, 1.54) is 0 Å².